The van der Waals surface area contributed by atoms with Gasteiger partial charge in [-0.15, -0.1) is 0 Å². The molecule has 7 heteroatoms. The van der Waals surface area contributed by atoms with Gasteiger partial charge in [0, 0.05) is 13.0 Å². The minimum Gasteiger partial charge on any atom is -0.467 e. The highest BCUT2D eigenvalue weighted by molar-refractivity contribution is 6.05. The number of fused-ring (bicyclic) bond motifs is 1. The van der Waals surface area contributed by atoms with Crippen molar-refractivity contribution in [1.29, 1.82) is 0 Å². The fourth-order valence-corrected chi connectivity index (χ4v) is 3.71. The Kier molecular flexibility index (Phi) is 6.56. The number of methoxy groups -OCH3 is 1. The quantitative estimate of drug-likeness (QED) is 0.550. The van der Waals surface area contributed by atoms with Gasteiger partial charge in [-0.25, -0.2) is 4.79 Å². The molecule has 1 N–H and O–H groups in total. The molecule has 2 rings (SSSR count). The van der Waals surface area contributed by atoms with Crippen LogP contribution in [-0.4, -0.2) is 48.3 Å². The van der Waals surface area contributed by atoms with E-state index in [2.05, 4.69) is 5.32 Å². The fourth-order valence-electron chi connectivity index (χ4n) is 3.71. The Morgan fingerprint density at radius 2 is 1.76 bits per heavy atom. The Morgan fingerprint density at radius 3 is 2.24 bits per heavy atom. The first kappa shape index (κ1) is 19.4. The van der Waals surface area contributed by atoms with Gasteiger partial charge in [0.25, 0.3) is 0 Å². The molecule has 2 fully saturated rings. The molecule has 25 heavy (non-hydrogen) atoms. The summed E-state index contributed by atoms with van der Waals surface area (Å²) in [7, 11) is 1.28. The first-order chi connectivity index (χ1) is 11.9. The molecule has 1 aliphatic heterocycles. The van der Waals surface area contributed by atoms with E-state index in [1.807, 2.05) is 13.8 Å². The number of nitrogens with zero attached hydrogens (tertiary/aromatic N) is 1. The van der Waals surface area contributed by atoms with Gasteiger partial charge >= 0.3 is 5.97 Å². The molecule has 1 heterocycles. The SMILES string of the molecule is CC[C@@H](C)[C@H](NC(=O)CCN1C(=O)[C@H]2CCCC[C@H]2C1=O)C(=O)OC. The number of amides is 3. The van der Waals surface area contributed by atoms with Crippen molar-refractivity contribution in [2.75, 3.05) is 13.7 Å². The topological polar surface area (TPSA) is 92.8 Å². The van der Waals surface area contributed by atoms with Gasteiger partial charge in [0.1, 0.15) is 6.04 Å². The van der Waals surface area contributed by atoms with Crippen LogP contribution in [0.15, 0.2) is 0 Å². The molecule has 0 unspecified atom stereocenters. The third kappa shape index (κ3) is 4.19. The summed E-state index contributed by atoms with van der Waals surface area (Å²) in [4.78, 5) is 50.1. The molecule has 0 radical (unpaired) electrons. The van der Waals surface area contributed by atoms with E-state index in [4.69, 9.17) is 4.74 Å². The second-order valence-electron chi connectivity index (χ2n) is 7.03. The normalized spacial score (nSPS) is 25.3. The average Bonchev–Trinajstić information content (AvgIpc) is 2.87. The molecule has 0 bridgehead atoms. The first-order valence-corrected chi connectivity index (χ1v) is 9.13. The van der Waals surface area contributed by atoms with Crippen molar-refractivity contribution in [3.05, 3.63) is 0 Å². The van der Waals surface area contributed by atoms with E-state index in [9.17, 15) is 19.2 Å². The van der Waals surface area contributed by atoms with E-state index >= 15 is 0 Å². The predicted octanol–water partition coefficient (Wildman–Crippen LogP) is 1.26. The number of imide groups is 1. The smallest absolute Gasteiger partial charge is 0.328 e. The summed E-state index contributed by atoms with van der Waals surface area (Å²) in [6.45, 7) is 3.86. The van der Waals surface area contributed by atoms with E-state index in [0.29, 0.717) is 6.42 Å². The van der Waals surface area contributed by atoms with Gasteiger partial charge in [0.2, 0.25) is 17.7 Å². The number of ether oxygens (including phenoxy) is 1. The molecule has 1 aliphatic carbocycles. The maximum atomic E-state index is 12.4. The van der Waals surface area contributed by atoms with Gasteiger partial charge in [0.15, 0.2) is 0 Å². The number of carbonyl (C=O) groups excluding carboxylic acids is 4. The lowest BCUT2D eigenvalue weighted by molar-refractivity contribution is -0.147. The van der Waals surface area contributed by atoms with Crippen LogP contribution < -0.4 is 5.32 Å². The summed E-state index contributed by atoms with van der Waals surface area (Å²) in [5.41, 5.74) is 0. The number of likely N-dealkylation sites (tertiary alicyclic amines) is 1. The zero-order valence-electron chi connectivity index (χ0n) is 15.2. The Bertz CT molecular complexity index is 524. The molecule has 2 aliphatic rings. The zero-order chi connectivity index (χ0) is 18.6. The Labute approximate surface area is 148 Å². The van der Waals surface area contributed by atoms with Gasteiger partial charge in [-0.2, -0.15) is 0 Å². The minimum atomic E-state index is -0.713. The molecule has 3 amide bonds. The van der Waals surface area contributed by atoms with Crippen LogP contribution in [0, 0.1) is 17.8 Å². The van der Waals surface area contributed by atoms with Gasteiger partial charge in [0.05, 0.1) is 18.9 Å². The van der Waals surface area contributed by atoms with E-state index in [-0.39, 0.29) is 48.4 Å². The third-order valence-electron chi connectivity index (χ3n) is 5.48. The van der Waals surface area contributed by atoms with Crippen molar-refractivity contribution in [2.45, 2.75) is 58.4 Å². The summed E-state index contributed by atoms with van der Waals surface area (Å²) in [5.74, 6) is -1.59. The Morgan fingerprint density at radius 1 is 1.20 bits per heavy atom. The molecule has 4 atom stereocenters. The van der Waals surface area contributed by atoms with Crippen molar-refractivity contribution in [3.63, 3.8) is 0 Å². The van der Waals surface area contributed by atoms with Crippen molar-refractivity contribution < 1.29 is 23.9 Å². The van der Waals surface area contributed by atoms with Crippen molar-refractivity contribution in [3.8, 4) is 0 Å². The highest BCUT2D eigenvalue weighted by Gasteiger charge is 2.47. The molecule has 0 aromatic rings. The highest BCUT2D eigenvalue weighted by atomic mass is 16.5. The van der Waals surface area contributed by atoms with Crippen LogP contribution in [0.5, 0.6) is 0 Å². The van der Waals surface area contributed by atoms with Gasteiger partial charge in [-0.05, 0) is 18.8 Å². The summed E-state index contributed by atoms with van der Waals surface area (Å²) in [5, 5.41) is 2.67. The zero-order valence-corrected chi connectivity index (χ0v) is 15.2. The van der Waals surface area contributed by atoms with Gasteiger partial charge in [-0.3, -0.25) is 19.3 Å². The average molecular weight is 352 g/mol. The number of hydrogen-bond acceptors (Lipinski definition) is 5. The minimum absolute atomic E-state index is 0.000842. The monoisotopic (exact) mass is 352 g/mol. The standard InChI is InChI=1S/C18H28N2O5/c1-4-11(2)15(18(24)25-3)19-14(21)9-10-20-16(22)12-7-5-6-8-13(12)17(20)23/h11-13,15H,4-10H2,1-3H3,(H,19,21)/t11-,12-,13+,15+/m1/s1. The number of esters is 1. The van der Waals surface area contributed by atoms with Gasteiger partial charge in [-0.1, -0.05) is 33.1 Å². The van der Waals surface area contributed by atoms with E-state index in [1.54, 1.807) is 0 Å². The van der Waals surface area contributed by atoms with Crippen LogP contribution in [0.1, 0.15) is 52.4 Å². The van der Waals surface area contributed by atoms with Crippen LogP contribution in [-0.2, 0) is 23.9 Å². The molecular formula is C18H28N2O5. The van der Waals surface area contributed by atoms with Crippen LogP contribution in [0.4, 0.5) is 0 Å². The Hall–Kier alpha value is -1.92. The van der Waals surface area contributed by atoms with E-state index in [1.165, 1.54) is 12.0 Å². The lowest BCUT2D eigenvalue weighted by Crippen LogP contribution is -2.46. The number of carbonyl (C=O) groups is 4. The largest absolute Gasteiger partial charge is 0.467 e. The fraction of sp³-hybridized carbons (Fsp3) is 0.778. The molecular weight excluding hydrogens is 324 g/mol. The van der Waals surface area contributed by atoms with Crippen molar-refractivity contribution in [2.24, 2.45) is 17.8 Å². The number of rotatable bonds is 7. The third-order valence-corrected chi connectivity index (χ3v) is 5.48. The maximum Gasteiger partial charge on any atom is 0.328 e. The van der Waals surface area contributed by atoms with Crippen LogP contribution in [0.2, 0.25) is 0 Å². The van der Waals surface area contributed by atoms with Crippen LogP contribution >= 0.6 is 0 Å². The maximum absolute atomic E-state index is 12.4. The molecule has 1 saturated carbocycles. The highest BCUT2D eigenvalue weighted by Crippen LogP contribution is 2.37. The van der Waals surface area contributed by atoms with Crippen molar-refractivity contribution >= 4 is 23.7 Å². The van der Waals surface area contributed by atoms with Gasteiger partial charge < -0.3 is 10.1 Å². The second-order valence-corrected chi connectivity index (χ2v) is 7.03. The molecule has 140 valence electrons. The summed E-state index contributed by atoms with van der Waals surface area (Å²) in [6, 6.07) is -0.713. The van der Waals surface area contributed by atoms with E-state index in [0.717, 1.165) is 25.7 Å². The summed E-state index contributed by atoms with van der Waals surface area (Å²) in [6.07, 6.45) is 4.19. The molecule has 7 nitrogen and oxygen atoms in total. The molecule has 0 spiro atoms. The van der Waals surface area contributed by atoms with Crippen LogP contribution in [0.3, 0.4) is 0 Å². The number of nitrogens with one attached hydrogen (secondary N) is 1. The number of hydrogen-bond donors (Lipinski definition) is 1. The first-order valence-electron chi connectivity index (χ1n) is 9.13. The van der Waals surface area contributed by atoms with E-state index < -0.39 is 12.0 Å². The second kappa shape index (κ2) is 8.45. The molecule has 1 saturated heterocycles. The summed E-state index contributed by atoms with van der Waals surface area (Å²) >= 11 is 0. The van der Waals surface area contributed by atoms with Crippen molar-refractivity contribution in [1.82, 2.24) is 10.2 Å². The van der Waals surface area contributed by atoms with Crippen LogP contribution in [0.25, 0.3) is 0 Å². The lowest BCUT2D eigenvalue weighted by atomic mass is 9.81. The molecule has 0 aromatic heterocycles. The summed E-state index contributed by atoms with van der Waals surface area (Å²) < 4.78 is 4.74. The Balaban J connectivity index is 1.91. The lowest BCUT2D eigenvalue weighted by Gasteiger charge is -2.22. The predicted molar refractivity (Wildman–Crippen MR) is 90.2 cm³/mol. The molecule has 0 aromatic carbocycles.